The molecule has 116 valence electrons. The zero-order valence-electron chi connectivity index (χ0n) is 13.1. The van der Waals surface area contributed by atoms with E-state index in [2.05, 4.69) is 13.8 Å². The van der Waals surface area contributed by atoms with Gasteiger partial charge in [0.25, 0.3) is 0 Å². The van der Waals surface area contributed by atoms with Crippen LogP contribution in [-0.4, -0.2) is 34.5 Å². The van der Waals surface area contributed by atoms with Crippen molar-refractivity contribution in [2.24, 2.45) is 11.8 Å². The van der Waals surface area contributed by atoms with Crippen molar-refractivity contribution in [3.8, 4) is 0 Å². The van der Waals surface area contributed by atoms with Crippen LogP contribution in [0.15, 0.2) is 0 Å². The quantitative estimate of drug-likeness (QED) is 0.669. The van der Waals surface area contributed by atoms with E-state index in [0.29, 0.717) is 24.9 Å². The van der Waals surface area contributed by atoms with Crippen molar-refractivity contribution in [1.82, 2.24) is 4.90 Å². The van der Waals surface area contributed by atoms with E-state index in [1.807, 2.05) is 4.90 Å². The molecular weight excluding hydrogens is 254 g/mol. The summed E-state index contributed by atoms with van der Waals surface area (Å²) in [6.07, 6.45) is 7.10. The third-order valence-corrected chi connectivity index (χ3v) is 4.21. The van der Waals surface area contributed by atoms with Gasteiger partial charge in [-0.1, -0.05) is 40.0 Å². The molecule has 4 heteroatoms. The molecule has 2 unspecified atom stereocenters. The second-order valence-electron chi connectivity index (χ2n) is 6.14. The number of amides is 1. The fourth-order valence-electron chi connectivity index (χ4n) is 2.52. The average Bonchev–Trinajstić information content (AvgIpc) is 3.24. The third-order valence-electron chi connectivity index (χ3n) is 4.21. The Morgan fingerprint density at radius 2 is 1.95 bits per heavy atom. The van der Waals surface area contributed by atoms with Crippen LogP contribution in [-0.2, 0) is 9.59 Å². The molecule has 0 saturated heterocycles. The Morgan fingerprint density at radius 3 is 2.40 bits per heavy atom. The maximum Gasteiger partial charge on any atom is 0.308 e. The van der Waals surface area contributed by atoms with E-state index < -0.39 is 11.9 Å². The summed E-state index contributed by atoms with van der Waals surface area (Å²) in [6, 6.07) is 0.299. The fraction of sp³-hybridized carbons (Fsp3) is 0.875. The molecule has 0 radical (unpaired) electrons. The van der Waals surface area contributed by atoms with Gasteiger partial charge >= 0.3 is 5.97 Å². The number of hydrogen-bond donors (Lipinski definition) is 1. The highest BCUT2D eigenvalue weighted by Gasteiger charge is 2.34. The normalized spacial score (nSPS) is 17.6. The molecule has 1 fully saturated rings. The van der Waals surface area contributed by atoms with Gasteiger partial charge in [-0.2, -0.15) is 0 Å². The summed E-state index contributed by atoms with van der Waals surface area (Å²) in [5, 5.41) is 9.02. The molecule has 0 aromatic heterocycles. The van der Waals surface area contributed by atoms with Crippen LogP contribution in [0, 0.1) is 11.8 Å². The first-order valence-corrected chi connectivity index (χ1v) is 8.01. The summed E-state index contributed by atoms with van der Waals surface area (Å²) in [5.74, 6) is -0.691. The summed E-state index contributed by atoms with van der Waals surface area (Å²) in [4.78, 5) is 25.3. The minimum atomic E-state index is -0.818. The van der Waals surface area contributed by atoms with Crippen LogP contribution >= 0.6 is 0 Å². The van der Waals surface area contributed by atoms with E-state index in [1.165, 1.54) is 6.42 Å². The van der Waals surface area contributed by atoms with E-state index in [-0.39, 0.29) is 5.91 Å². The van der Waals surface area contributed by atoms with Gasteiger partial charge in [0, 0.05) is 19.0 Å². The first-order chi connectivity index (χ1) is 9.49. The van der Waals surface area contributed by atoms with Gasteiger partial charge in [0.1, 0.15) is 0 Å². The predicted octanol–water partition coefficient (Wildman–Crippen LogP) is 3.30. The molecule has 0 aromatic rings. The van der Waals surface area contributed by atoms with Gasteiger partial charge in [-0.25, -0.2) is 0 Å². The van der Waals surface area contributed by atoms with Crippen molar-refractivity contribution in [1.29, 1.82) is 0 Å². The Hall–Kier alpha value is -1.06. The third kappa shape index (κ3) is 5.51. The molecule has 1 rings (SSSR count). The minimum Gasteiger partial charge on any atom is -0.481 e. The Morgan fingerprint density at radius 1 is 1.30 bits per heavy atom. The number of carbonyl (C=O) groups excluding carboxylic acids is 1. The number of rotatable bonds is 10. The van der Waals surface area contributed by atoms with Crippen molar-refractivity contribution in [3.05, 3.63) is 0 Å². The lowest BCUT2D eigenvalue weighted by Crippen LogP contribution is -2.39. The molecule has 0 bridgehead atoms. The monoisotopic (exact) mass is 283 g/mol. The minimum absolute atomic E-state index is 0.156. The zero-order valence-corrected chi connectivity index (χ0v) is 13.1. The maximum absolute atomic E-state index is 12.4. The number of carboxylic acids is 1. The topological polar surface area (TPSA) is 57.6 Å². The van der Waals surface area contributed by atoms with Crippen LogP contribution in [0.5, 0.6) is 0 Å². The molecule has 1 aliphatic rings. The molecule has 1 saturated carbocycles. The van der Waals surface area contributed by atoms with Gasteiger partial charge in [-0.05, 0) is 25.2 Å². The average molecular weight is 283 g/mol. The van der Waals surface area contributed by atoms with Gasteiger partial charge in [0.15, 0.2) is 0 Å². The molecule has 0 heterocycles. The summed E-state index contributed by atoms with van der Waals surface area (Å²) < 4.78 is 0. The largest absolute Gasteiger partial charge is 0.481 e. The van der Waals surface area contributed by atoms with Gasteiger partial charge in [-0.15, -0.1) is 0 Å². The van der Waals surface area contributed by atoms with E-state index in [9.17, 15) is 9.59 Å². The second kappa shape index (κ2) is 8.28. The van der Waals surface area contributed by atoms with Gasteiger partial charge in [0.05, 0.1) is 5.92 Å². The van der Waals surface area contributed by atoms with Gasteiger partial charge in [0.2, 0.25) is 5.91 Å². The molecule has 0 spiro atoms. The lowest BCUT2D eigenvalue weighted by molar-refractivity contribution is -0.143. The smallest absolute Gasteiger partial charge is 0.308 e. The molecule has 0 aliphatic heterocycles. The Bertz CT molecular complexity index is 326. The van der Waals surface area contributed by atoms with Crippen molar-refractivity contribution in [2.75, 3.05) is 6.54 Å². The first-order valence-electron chi connectivity index (χ1n) is 8.01. The standard InChI is InChI=1S/C16H29NO3/c1-4-6-7-13(5-2)10-15(18)17(14-8-9-14)11-12(3)16(19)20/h12-14H,4-11H2,1-3H3,(H,19,20). The van der Waals surface area contributed by atoms with Crippen LogP contribution in [0.2, 0.25) is 0 Å². The van der Waals surface area contributed by atoms with Crippen molar-refractivity contribution in [3.63, 3.8) is 0 Å². The molecular formula is C16H29NO3. The molecule has 1 amide bonds. The van der Waals surface area contributed by atoms with E-state index in [4.69, 9.17) is 5.11 Å². The molecule has 1 N–H and O–H groups in total. The van der Waals surface area contributed by atoms with E-state index >= 15 is 0 Å². The lowest BCUT2D eigenvalue weighted by Gasteiger charge is -2.26. The highest BCUT2D eigenvalue weighted by Crippen LogP contribution is 2.29. The highest BCUT2D eigenvalue weighted by atomic mass is 16.4. The van der Waals surface area contributed by atoms with Crippen LogP contribution in [0.1, 0.15) is 65.7 Å². The lowest BCUT2D eigenvalue weighted by atomic mass is 9.95. The molecule has 4 nitrogen and oxygen atoms in total. The summed E-state index contributed by atoms with van der Waals surface area (Å²) >= 11 is 0. The molecule has 0 aromatic carbocycles. The van der Waals surface area contributed by atoms with E-state index in [0.717, 1.165) is 32.1 Å². The van der Waals surface area contributed by atoms with Crippen molar-refractivity contribution in [2.45, 2.75) is 71.8 Å². The van der Waals surface area contributed by atoms with Crippen LogP contribution in [0.25, 0.3) is 0 Å². The van der Waals surface area contributed by atoms with Crippen LogP contribution in [0.3, 0.4) is 0 Å². The number of carboxylic acid groups (broad SMARTS) is 1. The highest BCUT2D eigenvalue weighted by molar-refractivity contribution is 5.78. The number of unbranched alkanes of at least 4 members (excludes halogenated alkanes) is 1. The van der Waals surface area contributed by atoms with Gasteiger partial charge < -0.3 is 10.0 Å². The second-order valence-corrected chi connectivity index (χ2v) is 6.14. The Balaban J connectivity index is 2.53. The van der Waals surface area contributed by atoms with E-state index in [1.54, 1.807) is 6.92 Å². The molecule has 2 atom stereocenters. The maximum atomic E-state index is 12.4. The van der Waals surface area contributed by atoms with Crippen molar-refractivity contribution < 1.29 is 14.7 Å². The Kier molecular flexibility index (Phi) is 7.03. The van der Waals surface area contributed by atoms with Crippen LogP contribution in [0.4, 0.5) is 0 Å². The van der Waals surface area contributed by atoms with Crippen molar-refractivity contribution >= 4 is 11.9 Å². The zero-order chi connectivity index (χ0) is 15.1. The number of nitrogens with zero attached hydrogens (tertiary/aromatic N) is 1. The molecule has 1 aliphatic carbocycles. The molecule has 20 heavy (non-hydrogen) atoms. The fourth-order valence-corrected chi connectivity index (χ4v) is 2.52. The number of aliphatic carboxylic acids is 1. The summed E-state index contributed by atoms with van der Waals surface area (Å²) in [6.45, 7) is 6.34. The first kappa shape index (κ1) is 17.0. The van der Waals surface area contributed by atoms with Crippen LogP contribution < -0.4 is 0 Å². The SMILES string of the molecule is CCCCC(CC)CC(=O)N(CC(C)C(=O)O)C1CC1. The summed E-state index contributed by atoms with van der Waals surface area (Å²) in [7, 11) is 0. The summed E-state index contributed by atoms with van der Waals surface area (Å²) in [5.41, 5.74) is 0. The Labute approximate surface area is 122 Å². The predicted molar refractivity (Wildman–Crippen MR) is 79.5 cm³/mol. The number of carbonyl (C=O) groups is 2. The van der Waals surface area contributed by atoms with Gasteiger partial charge in [-0.3, -0.25) is 9.59 Å². The number of hydrogen-bond acceptors (Lipinski definition) is 2.